The molecule has 0 saturated carbocycles. The minimum Gasteiger partial charge on any atom is -0.494 e. The lowest BCUT2D eigenvalue weighted by Gasteiger charge is -2.43. The van der Waals surface area contributed by atoms with E-state index in [2.05, 4.69) is 40.7 Å². The van der Waals surface area contributed by atoms with Gasteiger partial charge < -0.3 is 34.6 Å². The van der Waals surface area contributed by atoms with E-state index in [0.717, 1.165) is 39.2 Å². The van der Waals surface area contributed by atoms with Crippen molar-refractivity contribution in [3.05, 3.63) is 114 Å². The fourth-order valence-corrected chi connectivity index (χ4v) is 11.5. The second-order valence-electron chi connectivity index (χ2n) is 19.2. The molecule has 6 heterocycles. The van der Waals surface area contributed by atoms with E-state index in [4.69, 9.17) is 21.3 Å². The Hall–Kier alpha value is -6.81. The summed E-state index contributed by atoms with van der Waals surface area (Å²) in [5.41, 5.74) is 6.90. The number of rotatable bonds is 13. The van der Waals surface area contributed by atoms with Gasteiger partial charge in [0.1, 0.15) is 29.6 Å². The fraction of sp³-hybridized carbons (Fsp3) is 0.346. The number of nitrogens with one attached hydrogen (secondary N) is 3. The lowest BCUT2D eigenvalue weighted by atomic mass is 9.91. The number of carbonyl (C=O) groups excluding carboxylic acids is 3. The average molecular weight is 1000 g/mol. The Balaban J connectivity index is 0.805. The van der Waals surface area contributed by atoms with E-state index < -0.39 is 24.8 Å². The van der Waals surface area contributed by atoms with Crippen LogP contribution >= 0.6 is 18.7 Å². The Morgan fingerprint density at radius 2 is 1.63 bits per heavy atom. The molecular formula is C52H56ClFN11O5P. The van der Waals surface area contributed by atoms with Gasteiger partial charge in [-0.2, -0.15) is 10.1 Å². The standard InChI is InChI=1S/C52H56ClFN11O5P/c1-61-30-36(28-56-61)39-26-42(58-51-55-29-40(53)48(60-51)57-41-13-10-34(25-46(41)71(3,4)69)33-8-6-5-7-9-33)45(70-2)27-44(39)64-18-16-52(54,17-19-64)32-62-20-22-63(23-21-62)37-11-12-38-35(24-37)31-65(50(38)68)43-14-15-47(66)59-49(43)67/h5-13,24-30,43H,14-23,31-32H2,1-4H3,(H,59,66,67)(H2,55,57,58,60). The summed E-state index contributed by atoms with van der Waals surface area (Å²) in [4.78, 5) is 55.0. The molecule has 1 unspecified atom stereocenters. The van der Waals surface area contributed by atoms with Crippen LogP contribution < -0.4 is 35.8 Å². The summed E-state index contributed by atoms with van der Waals surface area (Å²) >= 11 is 6.69. The van der Waals surface area contributed by atoms with Gasteiger partial charge in [0.15, 0.2) is 5.82 Å². The summed E-state index contributed by atoms with van der Waals surface area (Å²) in [5.74, 6) is 0.196. The van der Waals surface area contributed by atoms with Crippen LogP contribution in [0.2, 0.25) is 5.02 Å². The highest BCUT2D eigenvalue weighted by molar-refractivity contribution is 7.70. The number of piperidine rings is 2. The number of alkyl halides is 1. The molecule has 0 spiro atoms. The molecule has 3 amide bonds. The lowest BCUT2D eigenvalue weighted by molar-refractivity contribution is -0.136. The van der Waals surface area contributed by atoms with Gasteiger partial charge in [0.2, 0.25) is 17.8 Å². The van der Waals surface area contributed by atoms with E-state index in [9.17, 15) is 18.9 Å². The number of hydrogen-bond acceptors (Lipinski definition) is 13. The number of amides is 3. The van der Waals surface area contributed by atoms with Gasteiger partial charge in [-0.3, -0.25) is 29.3 Å². The molecule has 4 aliphatic rings. The van der Waals surface area contributed by atoms with Gasteiger partial charge in [0.05, 0.1) is 30.9 Å². The van der Waals surface area contributed by atoms with E-state index in [1.54, 1.807) is 36.2 Å². The first-order chi connectivity index (χ1) is 34.1. The van der Waals surface area contributed by atoms with Crippen molar-refractivity contribution >= 4 is 76.3 Å². The number of halogens is 2. The first-order valence-corrected chi connectivity index (χ1v) is 26.8. The van der Waals surface area contributed by atoms with Crippen LogP contribution in [0.3, 0.4) is 0 Å². The first kappa shape index (κ1) is 47.8. The van der Waals surface area contributed by atoms with Crippen molar-refractivity contribution in [1.29, 1.82) is 0 Å². The van der Waals surface area contributed by atoms with Crippen LogP contribution in [-0.2, 0) is 27.7 Å². The van der Waals surface area contributed by atoms with Crippen LogP contribution in [0.15, 0.2) is 97.5 Å². The number of aromatic nitrogens is 4. The molecule has 368 valence electrons. The SMILES string of the molecule is COc1cc(N2CCC(F)(CN3CCN(c4ccc5c(c4)CN(C4CCC(=O)NC4=O)C5=O)CC3)CC2)c(-c2cnn(C)c2)cc1Nc1ncc(Cl)c(Nc2ccc(-c3ccccc3)cc2P(C)(C)=O)n1. The van der Waals surface area contributed by atoms with Crippen LogP contribution in [0.1, 0.15) is 41.6 Å². The smallest absolute Gasteiger partial charge is 0.255 e. The van der Waals surface area contributed by atoms with E-state index in [1.165, 1.54) is 6.20 Å². The molecule has 3 N–H and O–H groups in total. The predicted octanol–water partition coefficient (Wildman–Crippen LogP) is 7.83. The maximum absolute atomic E-state index is 16.9. The third kappa shape index (κ3) is 10.1. The summed E-state index contributed by atoms with van der Waals surface area (Å²) in [6.45, 7) is 7.94. The molecule has 10 rings (SSSR count). The minimum atomic E-state index is -2.76. The van der Waals surface area contributed by atoms with Gasteiger partial charge >= 0.3 is 0 Å². The number of methoxy groups -OCH3 is 1. The maximum Gasteiger partial charge on any atom is 0.255 e. The average Bonchev–Trinajstić information content (AvgIpc) is 3.94. The van der Waals surface area contributed by atoms with E-state index >= 15 is 4.39 Å². The number of ether oxygens (including phenoxy) is 1. The molecule has 71 heavy (non-hydrogen) atoms. The molecule has 6 aromatic rings. The topological polar surface area (TPSA) is 170 Å². The second kappa shape index (κ2) is 19.4. The molecule has 4 aliphatic heterocycles. The van der Waals surface area contributed by atoms with Crippen molar-refractivity contribution in [2.45, 2.75) is 43.9 Å². The zero-order chi connectivity index (χ0) is 49.6. The van der Waals surface area contributed by atoms with E-state index in [1.807, 2.05) is 92.1 Å². The molecule has 19 heteroatoms. The second-order valence-corrected chi connectivity index (χ2v) is 22.8. The minimum absolute atomic E-state index is 0.191. The molecule has 3 saturated heterocycles. The molecule has 0 radical (unpaired) electrons. The highest BCUT2D eigenvalue weighted by Crippen LogP contribution is 2.44. The lowest BCUT2D eigenvalue weighted by Crippen LogP contribution is -2.53. The molecule has 0 bridgehead atoms. The predicted molar refractivity (Wildman–Crippen MR) is 276 cm³/mol. The van der Waals surface area contributed by atoms with Gasteiger partial charge in [-0.15, -0.1) is 0 Å². The normalized spacial score (nSPS) is 18.4. The Labute approximate surface area is 416 Å². The van der Waals surface area contributed by atoms with Crippen LogP contribution in [0.5, 0.6) is 5.75 Å². The van der Waals surface area contributed by atoms with E-state index in [-0.39, 0.29) is 29.2 Å². The van der Waals surface area contributed by atoms with Crippen LogP contribution in [0, 0.1) is 0 Å². The zero-order valence-corrected chi connectivity index (χ0v) is 41.8. The van der Waals surface area contributed by atoms with Crippen molar-refractivity contribution in [2.75, 3.05) is 86.7 Å². The number of piperazine rings is 1. The van der Waals surface area contributed by atoms with Gasteiger partial charge in [-0.05, 0) is 72.8 Å². The number of fused-ring (bicyclic) bond motifs is 1. The highest BCUT2D eigenvalue weighted by atomic mass is 35.5. The Morgan fingerprint density at radius 1 is 0.859 bits per heavy atom. The number of hydrogen-bond donors (Lipinski definition) is 3. The van der Waals surface area contributed by atoms with Gasteiger partial charge in [0.25, 0.3) is 5.91 Å². The summed E-state index contributed by atoms with van der Waals surface area (Å²) < 4.78 is 38.2. The van der Waals surface area contributed by atoms with Gasteiger partial charge in [-0.25, -0.2) is 9.37 Å². The Bertz CT molecular complexity index is 3080. The quantitative estimate of drug-likeness (QED) is 0.0757. The number of benzene rings is 4. The molecule has 1 atom stereocenters. The van der Waals surface area contributed by atoms with E-state index in [0.29, 0.717) is 105 Å². The van der Waals surface area contributed by atoms with Crippen molar-refractivity contribution < 1.29 is 28.1 Å². The zero-order valence-electron chi connectivity index (χ0n) is 40.1. The van der Waals surface area contributed by atoms with Crippen molar-refractivity contribution in [1.82, 2.24) is 34.9 Å². The molecule has 0 aliphatic carbocycles. The third-order valence-corrected chi connectivity index (χ3v) is 15.8. The Morgan fingerprint density at radius 3 is 2.34 bits per heavy atom. The van der Waals surface area contributed by atoms with Crippen LogP contribution in [0.4, 0.5) is 38.9 Å². The molecular weight excluding hydrogens is 944 g/mol. The first-order valence-electron chi connectivity index (χ1n) is 23.8. The largest absolute Gasteiger partial charge is 0.494 e. The summed E-state index contributed by atoms with van der Waals surface area (Å²) in [5, 5.41) is 14.5. The molecule has 3 fully saturated rings. The number of imide groups is 1. The van der Waals surface area contributed by atoms with Crippen LogP contribution in [0.25, 0.3) is 22.3 Å². The monoisotopic (exact) mass is 999 g/mol. The molecule has 2 aromatic heterocycles. The maximum atomic E-state index is 16.9. The van der Waals surface area contributed by atoms with Gasteiger partial charge in [0, 0.05) is 124 Å². The summed E-state index contributed by atoms with van der Waals surface area (Å²) in [6, 6.07) is 24.9. The Kier molecular flexibility index (Phi) is 13.1. The third-order valence-electron chi connectivity index (χ3n) is 14.0. The van der Waals surface area contributed by atoms with Crippen molar-refractivity contribution in [3.63, 3.8) is 0 Å². The summed E-state index contributed by atoms with van der Waals surface area (Å²) in [6.07, 6.45) is 6.48. The van der Waals surface area contributed by atoms with Crippen LogP contribution in [-0.4, -0.2) is 125 Å². The number of anilines is 6. The number of nitrogens with zero attached hydrogens (tertiary/aromatic N) is 8. The molecule has 4 aromatic carbocycles. The van der Waals surface area contributed by atoms with Crippen molar-refractivity contribution in [3.8, 4) is 28.0 Å². The van der Waals surface area contributed by atoms with Crippen molar-refractivity contribution in [2.24, 2.45) is 7.05 Å². The number of aryl methyl sites for hydroxylation is 1. The van der Waals surface area contributed by atoms with Gasteiger partial charge in [-0.1, -0.05) is 48.0 Å². The highest BCUT2D eigenvalue weighted by Gasteiger charge is 2.41. The number of carbonyl (C=O) groups is 3. The fourth-order valence-electron chi connectivity index (χ4n) is 10.2. The molecule has 16 nitrogen and oxygen atoms in total. The summed E-state index contributed by atoms with van der Waals surface area (Å²) in [7, 11) is 0.707.